The van der Waals surface area contributed by atoms with E-state index in [1.165, 1.54) is 0 Å². The third kappa shape index (κ3) is 3.79. The van der Waals surface area contributed by atoms with Crippen molar-refractivity contribution in [3.8, 4) is 0 Å². The molecule has 0 amide bonds. The number of sulfone groups is 1. The number of nitrogens with one attached hydrogen (secondary N) is 1. The van der Waals surface area contributed by atoms with E-state index in [0.29, 0.717) is 0 Å². The Labute approximate surface area is 107 Å². The molecule has 6 nitrogen and oxygen atoms in total. The van der Waals surface area contributed by atoms with E-state index in [1.807, 2.05) is 10.8 Å². The summed E-state index contributed by atoms with van der Waals surface area (Å²) in [6, 6.07) is -0.303. The monoisotopic (exact) mass is 273 g/mol. The van der Waals surface area contributed by atoms with Crippen LogP contribution in [0.2, 0.25) is 0 Å². The summed E-state index contributed by atoms with van der Waals surface area (Å²) < 4.78 is 24.6. The Morgan fingerprint density at radius 2 is 2.22 bits per heavy atom. The highest BCUT2D eigenvalue weighted by Gasteiger charge is 2.35. The maximum absolute atomic E-state index is 11.3. The zero-order valence-electron chi connectivity index (χ0n) is 10.2. The van der Waals surface area contributed by atoms with E-state index in [1.54, 1.807) is 12.5 Å². The van der Waals surface area contributed by atoms with Gasteiger partial charge in [-0.1, -0.05) is 0 Å². The van der Waals surface area contributed by atoms with Crippen LogP contribution < -0.4 is 5.32 Å². The summed E-state index contributed by atoms with van der Waals surface area (Å²) in [7, 11) is -3.05. The van der Waals surface area contributed by atoms with Crippen LogP contribution in [0.1, 0.15) is 12.8 Å². The summed E-state index contributed by atoms with van der Waals surface area (Å²) in [6.45, 7) is 1.64. The van der Waals surface area contributed by atoms with E-state index in [0.717, 1.165) is 25.9 Å². The van der Waals surface area contributed by atoms with E-state index in [4.69, 9.17) is 0 Å². The predicted molar refractivity (Wildman–Crippen MR) is 67.9 cm³/mol. The molecule has 0 radical (unpaired) electrons. The Bertz CT molecular complexity index is 458. The molecular weight excluding hydrogens is 254 g/mol. The first-order valence-electron chi connectivity index (χ1n) is 6.14. The zero-order chi connectivity index (χ0) is 13.0. The van der Waals surface area contributed by atoms with Crippen LogP contribution in [0.5, 0.6) is 0 Å². The molecule has 0 spiro atoms. The molecule has 1 fully saturated rings. The van der Waals surface area contributed by atoms with Gasteiger partial charge < -0.3 is 15.0 Å². The molecule has 0 saturated carbocycles. The van der Waals surface area contributed by atoms with Gasteiger partial charge in [0, 0.05) is 25.0 Å². The molecule has 2 rings (SSSR count). The van der Waals surface area contributed by atoms with Gasteiger partial charge in [0.25, 0.3) is 0 Å². The number of rotatable bonds is 6. The second-order valence-corrected chi connectivity index (χ2v) is 6.87. The summed E-state index contributed by atoms with van der Waals surface area (Å²) in [5.74, 6) is -0.0601. The summed E-state index contributed by atoms with van der Waals surface area (Å²) in [5.41, 5.74) is 0. The molecule has 2 unspecified atom stereocenters. The van der Waals surface area contributed by atoms with Crippen LogP contribution in [0.15, 0.2) is 18.7 Å². The Hall–Kier alpha value is -0.920. The first-order valence-corrected chi connectivity index (χ1v) is 7.96. The van der Waals surface area contributed by atoms with Gasteiger partial charge in [-0.25, -0.2) is 13.4 Å². The molecule has 1 aromatic heterocycles. The minimum atomic E-state index is -3.05. The minimum Gasteiger partial charge on any atom is -0.390 e. The van der Waals surface area contributed by atoms with E-state index < -0.39 is 15.9 Å². The van der Waals surface area contributed by atoms with Gasteiger partial charge in [-0.2, -0.15) is 0 Å². The fourth-order valence-electron chi connectivity index (χ4n) is 2.15. The molecule has 0 aliphatic carbocycles. The minimum absolute atomic E-state index is 0.0513. The Kier molecular flexibility index (Phi) is 4.36. The van der Waals surface area contributed by atoms with Crippen molar-refractivity contribution in [2.45, 2.75) is 31.5 Å². The maximum atomic E-state index is 11.3. The van der Waals surface area contributed by atoms with Crippen molar-refractivity contribution in [3.05, 3.63) is 18.7 Å². The second kappa shape index (κ2) is 5.81. The summed E-state index contributed by atoms with van der Waals surface area (Å²) in [5, 5.41) is 12.7. The lowest BCUT2D eigenvalue weighted by Gasteiger charge is -2.14. The van der Waals surface area contributed by atoms with Crippen molar-refractivity contribution in [1.82, 2.24) is 14.9 Å². The molecule has 7 heteroatoms. The van der Waals surface area contributed by atoms with E-state index in [-0.39, 0.29) is 17.5 Å². The van der Waals surface area contributed by atoms with Crippen molar-refractivity contribution < 1.29 is 13.5 Å². The fourth-order valence-corrected chi connectivity index (χ4v) is 3.93. The maximum Gasteiger partial charge on any atom is 0.154 e. The Balaban J connectivity index is 1.61. The summed E-state index contributed by atoms with van der Waals surface area (Å²) >= 11 is 0. The standard InChI is InChI=1S/C11H19N3O3S/c15-11-8-18(16,17)7-10(11)13-3-1-2-5-14-6-4-12-9-14/h4,6,9-11,13,15H,1-3,5,7-8H2. The average Bonchev–Trinajstić information content (AvgIpc) is 2.86. The topological polar surface area (TPSA) is 84.2 Å². The Morgan fingerprint density at radius 3 is 2.83 bits per heavy atom. The van der Waals surface area contributed by atoms with Gasteiger partial charge in [0.1, 0.15) is 0 Å². The third-order valence-corrected chi connectivity index (χ3v) is 4.85. The quantitative estimate of drug-likeness (QED) is 0.677. The van der Waals surface area contributed by atoms with Gasteiger partial charge >= 0.3 is 0 Å². The van der Waals surface area contributed by atoms with Crippen LogP contribution >= 0.6 is 0 Å². The molecule has 18 heavy (non-hydrogen) atoms. The number of aliphatic hydroxyl groups excluding tert-OH is 1. The smallest absolute Gasteiger partial charge is 0.154 e. The number of unbranched alkanes of at least 4 members (excludes halogenated alkanes) is 1. The zero-order valence-corrected chi connectivity index (χ0v) is 11.0. The Morgan fingerprint density at radius 1 is 1.39 bits per heavy atom. The highest BCUT2D eigenvalue weighted by Crippen LogP contribution is 2.12. The number of hydrogen-bond donors (Lipinski definition) is 2. The van der Waals surface area contributed by atoms with Crippen molar-refractivity contribution in [3.63, 3.8) is 0 Å². The molecule has 2 N–H and O–H groups in total. The molecule has 0 aromatic carbocycles. The highest BCUT2D eigenvalue weighted by molar-refractivity contribution is 7.91. The molecule has 0 bridgehead atoms. The fraction of sp³-hybridized carbons (Fsp3) is 0.727. The average molecular weight is 273 g/mol. The number of hydrogen-bond acceptors (Lipinski definition) is 5. The number of aliphatic hydroxyl groups is 1. The van der Waals surface area contributed by atoms with Crippen molar-refractivity contribution in [2.75, 3.05) is 18.1 Å². The molecule has 1 aromatic rings. The molecule has 1 saturated heterocycles. The van der Waals surface area contributed by atoms with Crippen LogP contribution in [0, 0.1) is 0 Å². The van der Waals surface area contributed by atoms with Crippen LogP contribution in [-0.2, 0) is 16.4 Å². The van der Waals surface area contributed by atoms with Crippen LogP contribution in [-0.4, -0.2) is 53.3 Å². The number of aromatic nitrogens is 2. The van der Waals surface area contributed by atoms with Crippen molar-refractivity contribution >= 4 is 9.84 Å². The molecule has 1 aliphatic rings. The summed E-state index contributed by atoms with van der Waals surface area (Å²) in [4.78, 5) is 3.96. The number of nitrogens with zero attached hydrogens (tertiary/aromatic N) is 2. The van der Waals surface area contributed by atoms with Crippen LogP contribution in [0.25, 0.3) is 0 Å². The third-order valence-electron chi connectivity index (χ3n) is 3.13. The lowest BCUT2D eigenvalue weighted by atomic mass is 10.2. The van der Waals surface area contributed by atoms with Gasteiger partial charge in [-0.15, -0.1) is 0 Å². The van der Waals surface area contributed by atoms with Gasteiger partial charge in [0.2, 0.25) is 0 Å². The van der Waals surface area contributed by atoms with Gasteiger partial charge in [-0.3, -0.25) is 0 Å². The first-order chi connectivity index (χ1) is 8.57. The molecule has 2 atom stereocenters. The number of imidazole rings is 1. The van der Waals surface area contributed by atoms with E-state index >= 15 is 0 Å². The van der Waals surface area contributed by atoms with E-state index in [9.17, 15) is 13.5 Å². The first kappa shape index (κ1) is 13.5. The van der Waals surface area contributed by atoms with E-state index in [2.05, 4.69) is 10.3 Å². The lowest BCUT2D eigenvalue weighted by Crippen LogP contribution is -2.39. The molecular formula is C11H19N3O3S. The highest BCUT2D eigenvalue weighted by atomic mass is 32.2. The van der Waals surface area contributed by atoms with Crippen LogP contribution in [0.3, 0.4) is 0 Å². The van der Waals surface area contributed by atoms with Gasteiger partial charge in [-0.05, 0) is 19.4 Å². The predicted octanol–water partition coefficient (Wildman–Crippen LogP) is -0.589. The normalized spacial score (nSPS) is 26.5. The van der Waals surface area contributed by atoms with Crippen LogP contribution in [0.4, 0.5) is 0 Å². The lowest BCUT2D eigenvalue weighted by molar-refractivity contribution is 0.166. The van der Waals surface area contributed by atoms with Crippen molar-refractivity contribution in [1.29, 1.82) is 0 Å². The second-order valence-electron chi connectivity index (χ2n) is 4.71. The summed E-state index contributed by atoms with van der Waals surface area (Å²) in [6.07, 6.45) is 6.63. The van der Waals surface area contributed by atoms with Gasteiger partial charge in [0.05, 0.1) is 23.9 Å². The molecule has 102 valence electrons. The molecule has 2 heterocycles. The molecule has 1 aliphatic heterocycles. The SMILES string of the molecule is O=S1(=O)CC(O)C(NCCCCn2ccnc2)C1. The van der Waals surface area contributed by atoms with Crippen molar-refractivity contribution in [2.24, 2.45) is 0 Å². The van der Waals surface area contributed by atoms with Gasteiger partial charge in [0.15, 0.2) is 9.84 Å². The number of aryl methyl sites for hydroxylation is 1. The largest absolute Gasteiger partial charge is 0.390 e.